The summed E-state index contributed by atoms with van der Waals surface area (Å²) in [5.41, 5.74) is 2.88. The molecule has 3 aromatic rings. The quantitative estimate of drug-likeness (QED) is 0.365. The molecule has 1 fully saturated rings. The average molecular weight is 490 g/mol. The number of nitrogens with one attached hydrogen (secondary N) is 1. The summed E-state index contributed by atoms with van der Waals surface area (Å²) in [6, 6.07) is 13.7. The Morgan fingerprint density at radius 2 is 1.94 bits per heavy atom. The first-order valence-corrected chi connectivity index (χ1v) is 12.7. The van der Waals surface area contributed by atoms with Gasteiger partial charge in [-0.1, -0.05) is 37.3 Å². The van der Waals surface area contributed by atoms with E-state index in [9.17, 15) is 9.59 Å². The lowest BCUT2D eigenvalue weighted by molar-refractivity contribution is -0.105. The Kier molecular flexibility index (Phi) is 8.03. The van der Waals surface area contributed by atoms with E-state index < -0.39 is 0 Å². The third kappa shape index (κ3) is 5.75. The molecule has 1 N–H and O–H groups in total. The van der Waals surface area contributed by atoms with Crippen LogP contribution in [0.2, 0.25) is 0 Å². The van der Waals surface area contributed by atoms with E-state index in [1.807, 2.05) is 79.6 Å². The molecule has 1 aliphatic rings. The summed E-state index contributed by atoms with van der Waals surface area (Å²) in [5.74, 6) is 1.64. The van der Waals surface area contributed by atoms with Crippen molar-refractivity contribution in [1.29, 1.82) is 0 Å². The second-order valence-corrected chi connectivity index (χ2v) is 9.62. The van der Waals surface area contributed by atoms with Crippen molar-refractivity contribution in [2.45, 2.75) is 59.5 Å². The van der Waals surface area contributed by atoms with Crippen molar-refractivity contribution in [1.82, 2.24) is 19.4 Å². The number of carbonyl (C=O) groups is 2. The number of hydrogen-bond acceptors (Lipinski definition) is 5. The molecule has 2 aromatic heterocycles. The van der Waals surface area contributed by atoms with Crippen LogP contribution in [0.15, 0.2) is 42.5 Å². The van der Waals surface area contributed by atoms with Crippen molar-refractivity contribution in [3.63, 3.8) is 0 Å². The van der Waals surface area contributed by atoms with Crippen LogP contribution in [0.3, 0.4) is 0 Å². The van der Waals surface area contributed by atoms with Crippen LogP contribution < -0.4 is 10.1 Å². The molecule has 8 nitrogen and oxygen atoms in total. The molecule has 8 heteroatoms. The third-order valence-electron chi connectivity index (χ3n) is 6.29. The molecule has 0 radical (unpaired) electrons. The van der Waals surface area contributed by atoms with Crippen molar-refractivity contribution in [3.05, 3.63) is 59.4 Å². The minimum atomic E-state index is -0.175. The normalized spacial score (nSPS) is 13.0. The van der Waals surface area contributed by atoms with Crippen LogP contribution in [0.5, 0.6) is 5.88 Å². The highest BCUT2D eigenvalue weighted by molar-refractivity contribution is 6.00. The molecule has 1 aromatic carbocycles. The molecule has 0 saturated heterocycles. The molecule has 0 bridgehead atoms. The monoisotopic (exact) mass is 489 g/mol. The van der Waals surface area contributed by atoms with Crippen LogP contribution in [0.4, 0.5) is 5.82 Å². The SMILES string of the molecule is CCCN(C(=O)c1c(NC=O)nc(-c2ccc(C)nc2OCC2CC2)n1Cc1ccccc1)C(C)C. The molecule has 0 unspecified atom stereocenters. The van der Waals surface area contributed by atoms with E-state index in [1.54, 1.807) is 0 Å². The molecule has 0 spiro atoms. The number of ether oxygens (including phenoxy) is 1. The first kappa shape index (κ1) is 25.4. The van der Waals surface area contributed by atoms with Crippen molar-refractivity contribution < 1.29 is 14.3 Å². The Hall–Kier alpha value is -3.68. The van der Waals surface area contributed by atoms with Crippen LogP contribution in [0, 0.1) is 12.8 Å². The second kappa shape index (κ2) is 11.4. The van der Waals surface area contributed by atoms with Gasteiger partial charge in [0.05, 0.1) is 12.2 Å². The summed E-state index contributed by atoms with van der Waals surface area (Å²) in [7, 11) is 0. The van der Waals surface area contributed by atoms with Gasteiger partial charge in [-0.15, -0.1) is 0 Å². The Morgan fingerprint density at radius 1 is 1.19 bits per heavy atom. The fraction of sp³-hybridized carbons (Fsp3) is 0.429. The van der Waals surface area contributed by atoms with E-state index in [4.69, 9.17) is 9.72 Å². The number of benzene rings is 1. The van der Waals surface area contributed by atoms with Gasteiger partial charge >= 0.3 is 0 Å². The lowest BCUT2D eigenvalue weighted by Crippen LogP contribution is -2.39. The maximum absolute atomic E-state index is 14.0. The predicted octanol–water partition coefficient (Wildman–Crippen LogP) is 4.92. The molecule has 4 rings (SSSR count). The van der Waals surface area contributed by atoms with Crippen LogP contribution >= 0.6 is 0 Å². The molecule has 2 heterocycles. The second-order valence-electron chi connectivity index (χ2n) is 9.62. The fourth-order valence-corrected chi connectivity index (χ4v) is 4.22. The molecule has 1 saturated carbocycles. The number of aryl methyl sites for hydroxylation is 1. The van der Waals surface area contributed by atoms with Gasteiger partial charge in [0.2, 0.25) is 12.3 Å². The van der Waals surface area contributed by atoms with Gasteiger partial charge in [-0.3, -0.25) is 9.59 Å². The smallest absolute Gasteiger partial charge is 0.274 e. The largest absolute Gasteiger partial charge is 0.477 e. The number of rotatable bonds is 12. The first-order chi connectivity index (χ1) is 17.4. The fourth-order valence-electron chi connectivity index (χ4n) is 4.22. The number of nitrogens with zero attached hydrogens (tertiary/aromatic N) is 4. The standard InChI is InChI=1S/C28H35N5O3/c1-5-15-32(19(2)3)28(35)24-25(29-18-34)31-26(33(24)16-21-9-7-6-8-10-21)23-14-11-20(4)30-27(23)36-17-22-12-13-22/h6-11,14,18-19,22H,5,12-13,15-17H2,1-4H3,(H,29,34). The van der Waals surface area contributed by atoms with Crippen LogP contribution in [0.25, 0.3) is 11.4 Å². The predicted molar refractivity (Wildman–Crippen MR) is 140 cm³/mol. The zero-order valence-electron chi connectivity index (χ0n) is 21.5. The highest BCUT2D eigenvalue weighted by atomic mass is 16.5. The number of anilines is 1. The lowest BCUT2D eigenvalue weighted by atomic mass is 10.2. The third-order valence-corrected chi connectivity index (χ3v) is 6.29. The Balaban J connectivity index is 1.89. The van der Waals surface area contributed by atoms with Gasteiger partial charge in [0.25, 0.3) is 5.91 Å². The van der Waals surface area contributed by atoms with Gasteiger partial charge in [0.15, 0.2) is 11.5 Å². The number of aromatic nitrogens is 3. The zero-order chi connectivity index (χ0) is 25.7. The van der Waals surface area contributed by atoms with Crippen LogP contribution in [-0.2, 0) is 11.3 Å². The van der Waals surface area contributed by atoms with Crippen molar-refractivity contribution in [2.75, 3.05) is 18.5 Å². The topological polar surface area (TPSA) is 89.3 Å². The Bertz CT molecular complexity index is 1200. The Morgan fingerprint density at radius 3 is 2.58 bits per heavy atom. The highest BCUT2D eigenvalue weighted by Crippen LogP contribution is 2.35. The molecule has 1 aliphatic carbocycles. The van der Waals surface area contributed by atoms with Gasteiger partial charge in [0.1, 0.15) is 5.82 Å². The van der Waals surface area contributed by atoms with Crippen LogP contribution in [0.1, 0.15) is 61.8 Å². The minimum Gasteiger partial charge on any atom is -0.477 e. The first-order valence-electron chi connectivity index (χ1n) is 12.7. The highest BCUT2D eigenvalue weighted by Gasteiger charge is 2.30. The van der Waals surface area contributed by atoms with E-state index in [0.29, 0.717) is 55.0 Å². The Labute approximate surface area is 212 Å². The average Bonchev–Trinajstić information content (AvgIpc) is 3.63. The van der Waals surface area contributed by atoms with E-state index >= 15 is 0 Å². The van der Waals surface area contributed by atoms with E-state index in [-0.39, 0.29) is 17.8 Å². The molecular weight excluding hydrogens is 454 g/mol. The van der Waals surface area contributed by atoms with E-state index in [0.717, 1.165) is 30.5 Å². The maximum atomic E-state index is 14.0. The van der Waals surface area contributed by atoms with Crippen LogP contribution in [-0.4, -0.2) is 50.9 Å². The molecule has 0 aliphatic heterocycles. The number of amides is 2. The van der Waals surface area contributed by atoms with Crippen molar-refractivity contribution in [3.8, 4) is 17.3 Å². The number of pyridine rings is 1. The number of hydrogen-bond donors (Lipinski definition) is 1. The molecule has 2 amide bonds. The summed E-state index contributed by atoms with van der Waals surface area (Å²) in [4.78, 5) is 36.8. The maximum Gasteiger partial charge on any atom is 0.274 e. The van der Waals surface area contributed by atoms with Gasteiger partial charge in [-0.25, -0.2) is 9.97 Å². The van der Waals surface area contributed by atoms with Crippen molar-refractivity contribution in [2.24, 2.45) is 5.92 Å². The molecule has 190 valence electrons. The van der Waals surface area contributed by atoms with Crippen molar-refractivity contribution >= 4 is 18.1 Å². The van der Waals surface area contributed by atoms with E-state index in [1.165, 1.54) is 0 Å². The number of carbonyl (C=O) groups excluding carboxylic acids is 2. The molecular formula is C28H35N5O3. The lowest BCUT2D eigenvalue weighted by Gasteiger charge is -2.27. The summed E-state index contributed by atoms with van der Waals surface area (Å²) >= 11 is 0. The van der Waals surface area contributed by atoms with E-state index in [2.05, 4.69) is 10.3 Å². The summed E-state index contributed by atoms with van der Waals surface area (Å²) in [6.45, 7) is 9.56. The minimum absolute atomic E-state index is 0.0106. The number of imidazole rings is 1. The van der Waals surface area contributed by atoms with Gasteiger partial charge in [0, 0.05) is 24.8 Å². The zero-order valence-corrected chi connectivity index (χ0v) is 21.5. The van der Waals surface area contributed by atoms with Gasteiger partial charge in [-0.2, -0.15) is 0 Å². The summed E-state index contributed by atoms with van der Waals surface area (Å²) in [6.07, 6.45) is 3.71. The summed E-state index contributed by atoms with van der Waals surface area (Å²) < 4.78 is 8.03. The van der Waals surface area contributed by atoms with Gasteiger partial charge in [-0.05, 0) is 63.6 Å². The molecule has 36 heavy (non-hydrogen) atoms. The summed E-state index contributed by atoms with van der Waals surface area (Å²) in [5, 5.41) is 2.68. The molecule has 0 atom stereocenters. The van der Waals surface area contributed by atoms with Gasteiger partial charge < -0.3 is 19.5 Å².